The second-order valence-corrected chi connectivity index (χ2v) is 9.94. The van der Waals surface area contributed by atoms with Gasteiger partial charge in [0.05, 0.1) is 5.56 Å². The number of rotatable bonds is 7. The van der Waals surface area contributed by atoms with Crippen molar-refractivity contribution in [2.75, 3.05) is 36.4 Å². The van der Waals surface area contributed by atoms with Crippen molar-refractivity contribution in [2.45, 2.75) is 32.9 Å². The molecule has 4 rings (SSSR count). The Morgan fingerprint density at radius 3 is 2.35 bits per heavy atom. The summed E-state index contributed by atoms with van der Waals surface area (Å²) in [4.78, 5) is 42.5. The molecule has 210 valence electrons. The Bertz CT molecular complexity index is 1360. The van der Waals surface area contributed by atoms with Crippen LogP contribution in [0.2, 0.25) is 0 Å². The minimum atomic E-state index is -0.527. The van der Waals surface area contributed by atoms with Crippen LogP contribution in [0.4, 0.5) is 25.0 Å². The molecule has 1 saturated heterocycles. The maximum absolute atomic E-state index is 13.6. The highest BCUT2D eigenvalue weighted by Gasteiger charge is 2.23. The fourth-order valence-corrected chi connectivity index (χ4v) is 4.48. The van der Waals surface area contributed by atoms with Gasteiger partial charge in [0.1, 0.15) is 11.6 Å². The lowest BCUT2D eigenvalue weighted by Gasteiger charge is -2.26. The van der Waals surface area contributed by atoms with Crippen molar-refractivity contribution in [3.8, 4) is 0 Å². The van der Waals surface area contributed by atoms with Crippen LogP contribution in [0.5, 0.6) is 0 Å². The van der Waals surface area contributed by atoms with E-state index in [-0.39, 0.29) is 35.9 Å². The maximum Gasteiger partial charge on any atom is 0.317 e. The number of hydrogen-bond acceptors (Lipinski definition) is 4. The van der Waals surface area contributed by atoms with Gasteiger partial charge in [0.15, 0.2) is 0 Å². The van der Waals surface area contributed by atoms with Crippen LogP contribution in [0, 0.1) is 11.6 Å². The highest BCUT2D eigenvalue weighted by Crippen LogP contribution is 2.26. The Hall–Kier alpha value is -4.47. The second-order valence-electron chi connectivity index (χ2n) is 9.94. The van der Waals surface area contributed by atoms with Gasteiger partial charge in [-0.05, 0) is 74.4 Å². The van der Waals surface area contributed by atoms with Crippen LogP contribution in [0.1, 0.15) is 46.5 Å². The van der Waals surface area contributed by atoms with Crippen LogP contribution >= 0.6 is 0 Å². The molecule has 1 heterocycles. The Balaban J connectivity index is 1.56. The average Bonchev–Trinajstić information content (AvgIpc) is 3.19. The molecule has 0 radical (unpaired) electrons. The normalized spacial score (nSPS) is 13.5. The highest BCUT2D eigenvalue weighted by atomic mass is 19.1. The van der Waals surface area contributed by atoms with Gasteiger partial charge in [-0.25, -0.2) is 13.6 Å². The van der Waals surface area contributed by atoms with E-state index >= 15 is 0 Å². The van der Waals surface area contributed by atoms with Gasteiger partial charge in [-0.2, -0.15) is 0 Å². The molecular formula is C30H33F2N5O3. The minimum absolute atomic E-state index is 0.0263. The molecule has 1 fully saturated rings. The van der Waals surface area contributed by atoms with Gasteiger partial charge in [0.25, 0.3) is 11.8 Å². The predicted molar refractivity (Wildman–Crippen MR) is 150 cm³/mol. The summed E-state index contributed by atoms with van der Waals surface area (Å²) in [6, 6.07) is 16.1. The van der Waals surface area contributed by atoms with Gasteiger partial charge in [-0.3, -0.25) is 9.59 Å². The quantitative estimate of drug-likeness (QED) is 0.396. The molecule has 0 bridgehead atoms. The van der Waals surface area contributed by atoms with Gasteiger partial charge >= 0.3 is 6.03 Å². The number of anilines is 2. The first kappa shape index (κ1) is 28.5. The maximum atomic E-state index is 13.6. The van der Waals surface area contributed by atoms with Crippen molar-refractivity contribution in [1.82, 2.24) is 15.5 Å². The number of urea groups is 1. The molecule has 0 atom stereocenters. The summed E-state index contributed by atoms with van der Waals surface area (Å²) < 4.78 is 26.9. The van der Waals surface area contributed by atoms with Gasteiger partial charge in [0.2, 0.25) is 0 Å². The summed E-state index contributed by atoms with van der Waals surface area (Å²) in [5.74, 6) is -1.77. The summed E-state index contributed by atoms with van der Waals surface area (Å²) in [6.45, 7) is 6.20. The topological polar surface area (TPSA) is 93.8 Å². The fraction of sp³-hybridized carbons (Fsp3) is 0.300. The molecule has 40 heavy (non-hydrogen) atoms. The summed E-state index contributed by atoms with van der Waals surface area (Å²) in [6.07, 6.45) is 0.709. The van der Waals surface area contributed by atoms with Gasteiger partial charge < -0.3 is 25.8 Å². The molecule has 1 aliphatic rings. The number of benzene rings is 3. The van der Waals surface area contributed by atoms with E-state index in [1.54, 1.807) is 35.2 Å². The van der Waals surface area contributed by atoms with Crippen LogP contribution in [0.25, 0.3) is 0 Å². The van der Waals surface area contributed by atoms with Crippen molar-refractivity contribution in [1.29, 1.82) is 0 Å². The number of carbonyl (C=O) groups excluding carboxylic acids is 3. The third-order valence-electron chi connectivity index (χ3n) is 6.49. The molecule has 8 nitrogen and oxygen atoms in total. The van der Waals surface area contributed by atoms with E-state index in [1.165, 1.54) is 30.3 Å². The van der Waals surface area contributed by atoms with Crippen LogP contribution in [-0.2, 0) is 6.54 Å². The predicted octanol–water partition coefficient (Wildman–Crippen LogP) is 4.78. The first-order chi connectivity index (χ1) is 19.2. The van der Waals surface area contributed by atoms with E-state index in [9.17, 15) is 23.2 Å². The smallest absolute Gasteiger partial charge is 0.317 e. The summed E-state index contributed by atoms with van der Waals surface area (Å²) >= 11 is 0. The van der Waals surface area contributed by atoms with Gasteiger partial charge in [0, 0.05) is 55.7 Å². The molecule has 3 aromatic rings. The zero-order chi connectivity index (χ0) is 28.6. The van der Waals surface area contributed by atoms with Crippen molar-refractivity contribution < 1.29 is 23.2 Å². The molecule has 10 heteroatoms. The number of hydrogen-bond donors (Lipinski definition) is 3. The Morgan fingerprint density at radius 2 is 1.62 bits per heavy atom. The summed E-state index contributed by atoms with van der Waals surface area (Å²) in [5, 5.41) is 8.53. The SMILES string of the molecule is CC(C)NC(=O)N1CCCN(c2ccc(NC(=O)c3cccc(F)c3)cc2C(=O)NCc2ccc(F)cc2)CC1. The number of halogens is 2. The fourth-order valence-electron chi connectivity index (χ4n) is 4.48. The molecular weight excluding hydrogens is 516 g/mol. The lowest BCUT2D eigenvalue weighted by molar-refractivity contribution is 0.0950. The van der Waals surface area contributed by atoms with E-state index < -0.39 is 11.7 Å². The van der Waals surface area contributed by atoms with Gasteiger partial charge in [-0.15, -0.1) is 0 Å². The molecule has 0 unspecified atom stereocenters. The van der Waals surface area contributed by atoms with E-state index in [0.717, 1.165) is 11.6 Å². The largest absolute Gasteiger partial charge is 0.369 e. The molecule has 1 aliphatic heterocycles. The summed E-state index contributed by atoms with van der Waals surface area (Å²) in [5.41, 5.74) is 2.25. The van der Waals surface area contributed by atoms with Crippen LogP contribution in [-0.4, -0.2) is 55.0 Å². The van der Waals surface area contributed by atoms with Crippen LogP contribution < -0.4 is 20.9 Å². The standard InChI is InChI=1S/C30H33F2N5O3/c1-20(2)34-30(40)37-14-4-13-36(15-16-37)27-12-11-25(35-28(38)22-5-3-6-24(32)17-22)18-26(27)29(39)33-19-21-7-9-23(31)10-8-21/h3,5-12,17-18,20H,4,13-16,19H2,1-2H3,(H,33,39)(H,34,40)(H,35,38). The van der Waals surface area contributed by atoms with E-state index in [2.05, 4.69) is 16.0 Å². The average molecular weight is 550 g/mol. The van der Waals surface area contributed by atoms with E-state index in [4.69, 9.17) is 0 Å². The zero-order valence-corrected chi connectivity index (χ0v) is 22.5. The van der Waals surface area contributed by atoms with Crippen molar-refractivity contribution in [3.63, 3.8) is 0 Å². The molecule has 3 N–H and O–H groups in total. The molecule has 0 aromatic heterocycles. The van der Waals surface area contributed by atoms with Gasteiger partial charge in [-0.1, -0.05) is 18.2 Å². The van der Waals surface area contributed by atoms with E-state index in [0.29, 0.717) is 49.5 Å². The lowest BCUT2D eigenvalue weighted by Crippen LogP contribution is -2.44. The lowest BCUT2D eigenvalue weighted by atomic mass is 10.1. The zero-order valence-electron chi connectivity index (χ0n) is 22.5. The third kappa shape index (κ3) is 7.56. The van der Waals surface area contributed by atoms with E-state index in [1.807, 2.05) is 18.7 Å². The third-order valence-corrected chi connectivity index (χ3v) is 6.49. The number of nitrogens with one attached hydrogen (secondary N) is 3. The highest BCUT2D eigenvalue weighted by molar-refractivity contribution is 6.06. The molecule has 4 amide bonds. The van der Waals surface area contributed by atoms with Crippen LogP contribution in [0.15, 0.2) is 66.7 Å². The van der Waals surface area contributed by atoms with Crippen molar-refractivity contribution in [2.24, 2.45) is 0 Å². The minimum Gasteiger partial charge on any atom is -0.369 e. The number of amides is 4. The monoisotopic (exact) mass is 549 g/mol. The first-order valence-electron chi connectivity index (χ1n) is 13.2. The number of carbonyl (C=O) groups is 3. The van der Waals surface area contributed by atoms with Crippen molar-refractivity contribution >= 4 is 29.2 Å². The number of nitrogens with zero attached hydrogens (tertiary/aromatic N) is 2. The second kappa shape index (κ2) is 13.1. The Kier molecular flexibility index (Phi) is 9.31. The Labute approximate surface area is 232 Å². The molecule has 0 aliphatic carbocycles. The first-order valence-corrected chi connectivity index (χ1v) is 13.2. The van der Waals surface area contributed by atoms with Crippen molar-refractivity contribution in [3.05, 3.63) is 95.1 Å². The van der Waals surface area contributed by atoms with Crippen LogP contribution in [0.3, 0.4) is 0 Å². The Morgan fingerprint density at radius 1 is 0.850 bits per heavy atom. The molecule has 0 spiro atoms. The summed E-state index contributed by atoms with van der Waals surface area (Å²) in [7, 11) is 0. The molecule has 0 saturated carbocycles. The molecule has 3 aromatic carbocycles.